The molecule has 1 aromatic heterocycles. The summed E-state index contributed by atoms with van der Waals surface area (Å²) >= 11 is 0. The predicted octanol–water partition coefficient (Wildman–Crippen LogP) is 2.98. The summed E-state index contributed by atoms with van der Waals surface area (Å²) in [7, 11) is 0. The van der Waals surface area contributed by atoms with Gasteiger partial charge in [0, 0.05) is 23.6 Å². The minimum absolute atomic E-state index is 0.719. The lowest BCUT2D eigenvalue weighted by Crippen LogP contribution is -2.19. The molecule has 0 bridgehead atoms. The van der Waals surface area contributed by atoms with Crippen LogP contribution in [0.15, 0.2) is 30.5 Å². The Balaban J connectivity index is 1.95. The van der Waals surface area contributed by atoms with Crippen LogP contribution in [0.3, 0.4) is 0 Å². The van der Waals surface area contributed by atoms with Gasteiger partial charge >= 0.3 is 0 Å². The van der Waals surface area contributed by atoms with Crippen molar-refractivity contribution < 1.29 is 0 Å². The molecule has 2 aromatic rings. The number of likely N-dealkylation sites (N-methyl/N-ethyl adjacent to an activating group) is 1. The van der Waals surface area contributed by atoms with Crippen LogP contribution in [-0.2, 0) is 0 Å². The van der Waals surface area contributed by atoms with Crippen LogP contribution in [0.2, 0.25) is 0 Å². The van der Waals surface area contributed by atoms with E-state index in [1.165, 1.54) is 42.5 Å². The summed E-state index contributed by atoms with van der Waals surface area (Å²) in [6.45, 7) is 5.90. The number of H-pyrrole nitrogens is 1. The standard InChI is InChI=1S/C14H18N2/c1-2-16-8-7-11(10-16)13-9-15-14-6-4-3-5-12(13)14/h3-6,9,11,15H,2,7-8,10H2,1H3/t11-/m1/s1. The lowest BCUT2D eigenvalue weighted by Gasteiger charge is -2.12. The van der Waals surface area contributed by atoms with Crippen molar-refractivity contribution in [2.75, 3.05) is 19.6 Å². The summed E-state index contributed by atoms with van der Waals surface area (Å²) in [6.07, 6.45) is 3.50. The molecule has 0 saturated carbocycles. The van der Waals surface area contributed by atoms with E-state index in [-0.39, 0.29) is 0 Å². The number of hydrogen-bond acceptors (Lipinski definition) is 1. The summed E-state index contributed by atoms with van der Waals surface area (Å²) < 4.78 is 0. The Morgan fingerprint density at radius 1 is 1.38 bits per heavy atom. The van der Waals surface area contributed by atoms with Gasteiger partial charge in [-0.2, -0.15) is 0 Å². The number of para-hydroxylation sites is 1. The van der Waals surface area contributed by atoms with Crippen molar-refractivity contribution in [2.24, 2.45) is 0 Å². The second kappa shape index (κ2) is 3.95. The Hall–Kier alpha value is -1.28. The van der Waals surface area contributed by atoms with Crippen LogP contribution in [0.4, 0.5) is 0 Å². The second-order valence-corrected chi connectivity index (χ2v) is 4.67. The SMILES string of the molecule is CCN1CC[C@@H](c2c[nH]c3ccccc23)C1. The van der Waals surface area contributed by atoms with Gasteiger partial charge in [-0.1, -0.05) is 25.1 Å². The van der Waals surface area contributed by atoms with E-state index < -0.39 is 0 Å². The Kier molecular flexibility index (Phi) is 2.44. The molecule has 2 heterocycles. The van der Waals surface area contributed by atoms with Crippen molar-refractivity contribution in [3.8, 4) is 0 Å². The zero-order chi connectivity index (χ0) is 11.0. The van der Waals surface area contributed by atoms with E-state index >= 15 is 0 Å². The van der Waals surface area contributed by atoms with Crippen LogP contribution in [0, 0.1) is 0 Å². The average molecular weight is 214 g/mol. The number of aromatic nitrogens is 1. The molecule has 0 unspecified atom stereocenters. The molecule has 1 saturated heterocycles. The quantitative estimate of drug-likeness (QED) is 0.814. The maximum atomic E-state index is 3.38. The molecule has 2 nitrogen and oxygen atoms in total. The van der Waals surface area contributed by atoms with Crippen molar-refractivity contribution in [1.82, 2.24) is 9.88 Å². The fraction of sp³-hybridized carbons (Fsp3) is 0.429. The first kappa shape index (κ1) is 9.91. The molecule has 1 atom stereocenters. The molecule has 1 aromatic carbocycles. The van der Waals surface area contributed by atoms with Gasteiger partial charge in [0.15, 0.2) is 0 Å². The first-order valence-corrected chi connectivity index (χ1v) is 6.17. The zero-order valence-corrected chi connectivity index (χ0v) is 9.74. The highest BCUT2D eigenvalue weighted by Crippen LogP contribution is 2.32. The number of fused-ring (bicyclic) bond motifs is 1. The lowest BCUT2D eigenvalue weighted by atomic mass is 9.98. The molecule has 0 aliphatic carbocycles. The summed E-state index contributed by atoms with van der Waals surface area (Å²) in [5.41, 5.74) is 2.78. The lowest BCUT2D eigenvalue weighted by molar-refractivity contribution is 0.354. The van der Waals surface area contributed by atoms with Gasteiger partial charge < -0.3 is 9.88 Å². The number of aromatic amines is 1. The van der Waals surface area contributed by atoms with Crippen molar-refractivity contribution in [1.29, 1.82) is 0 Å². The molecule has 1 fully saturated rings. The van der Waals surface area contributed by atoms with Gasteiger partial charge in [0.2, 0.25) is 0 Å². The van der Waals surface area contributed by atoms with Crippen LogP contribution in [-0.4, -0.2) is 29.5 Å². The minimum atomic E-state index is 0.719. The maximum Gasteiger partial charge on any atom is 0.0456 e. The van der Waals surface area contributed by atoms with Gasteiger partial charge in [0.05, 0.1) is 0 Å². The number of benzene rings is 1. The first-order valence-electron chi connectivity index (χ1n) is 6.17. The maximum absolute atomic E-state index is 3.38. The Morgan fingerprint density at radius 3 is 3.06 bits per heavy atom. The largest absolute Gasteiger partial charge is 0.361 e. The Labute approximate surface area is 96.3 Å². The molecule has 2 heteroatoms. The van der Waals surface area contributed by atoms with Gasteiger partial charge in [0.1, 0.15) is 0 Å². The Bertz CT molecular complexity index is 486. The molecule has 0 spiro atoms. The van der Waals surface area contributed by atoms with E-state index in [0.717, 1.165) is 5.92 Å². The van der Waals surface area contributed by atoms with E-state index in [9.17, 15) is 0 Å². The molecule has 16 heavy (non-hydrogen) atoms. The molecule has 84 valence electrons. The highest BCUT2D eigenvalue weighted by atomic mass is 15.1. The normalized spacial score (nSPS) is 21.9. The van der Waals surface area contributed by atoms with E-state index in [0.29, 0.717) is 0 Å². The highest BCUT2D eigenvalue weighted by molar-refractivity contribution is 5.83. The van der Waals surface area contributed by atoms with Crippen LogP contribution in [0.5, 0.6) is 0 Å². The summed E-state index contributed by atoms with van der Waals surface area (Å²) in [5, 5.41) is 1.41. The Morgan fingerprint density at radius 2 is 2.25 bits per heavy atom. The van der Waals surface area contributed by atoms with Crippen molar-refractivity contribution >= 4 is 10.9 Å². The topological polar surface area (TPSA) is 19.0 Å². The third-order valence-electron chi connectivity index (χ3n) is 3.78. The first-order chi connectivity index (χ1) is 7.88. The van der Waals surface area contributed by atoms with Gasteiger partial charge in [-0.05, 0) is 37.1 Å². The number of nitrogens with one attached hydrogen (secondary N) is 1. The summed E-state index contributed by atoms with van der Waals surface area (Å²) in [6, 6.07) is 8.61. The van der Waals surface area contributed by atoms with Gasteiger partial charge in [-0.3, -0.25) is 0 Å². The molecule has 1 aliphatic rings. The smallest absolute Gasteiger partial charge is 0.0456 e. The van der Waals surface area contributed by atoms with E-state index in [4.69, 9.17) is 0 Å². The molecule has 0 amide bonds. The summed E-state index contributed by atoms with van der Waals surface area (Å²) in [4.78, 5) is 5.91. The number of rotatable bonds is 2. The molecule has 3 rings (SSSR count). The number of hydrogen-bond donors (Lipinski definition) is 1. The van der Waals surface area contributed by atoms with Gasteiger partial charge in [-0.25, -0.2) is 0 Å². The molecule has 1 N–H and O–H groups in total. The number of likely N-dealkylation sites (tertiary alicyclic amines) is 1. The number of nitrogens with zero attached hydrogens (tertiary/aromatic N) is 1. The fourth-order valence-electron chi connectivity index (χ4n) is 2.81. The van der Waals surface area contributed by atoms with Crippen LogP contribution < -0.4 is 0 Å². The van der Waals surface area contributed by atoms with Crippen LogP contribution in [0.1, 0.15) is 24.8 Å². The second-order valence-electron chi connectivity index (χ2n) is 4.67. The molecule has 0 radical (unpaired) electrons. The third-order valence-corrected chi connectivity index (χ3v) is 3.78. The van der Waals surface area contributed by atoms with E-state index in [1.807, 2.05) is 0 Å². The van der Waals surface area contributed by atoms with Crippen LogP contribution >= 0.6 is 0 Å². The molecular formula is C14H18N2. The van der Waals surface area contributed by atoms with Crippen molar-refractivity contribution in [3.63, 3.8) is 0 Å². The zero-order valence-electron chi connectivity index (χ0n) is 9.74. The van der Waals surface area contributed by atoms with Crippen LogP contribution in [0.25, 0.3) is 10.9 Å². The summed E-state index contributed by atoms with van der Waals surface area (Å²) in [5.74, 6) is 0.719. The van der Waals surface area contributed by atoms with Gasteiger partial charge in [0.25, 0.3) is 0 Å². The van der Waals surface area contributed by atoms with Crippen molar-refractivity contribution in [2.45, 2.75) is 19.3 Å². The average Bonchev–Trinajstić information content (AvgIpc) is 2.94. The van der Waals surface area contributed by atoms with E-state index in [1.54, 1.807) is 0 Å². The predicted molar refractivity (Wildman–Crippen MR) is 67.8 cm³/mol. The van der Waals surface area contributed by atoms with E-state index in [2.05, 4.69) is 47.3 Å². The third kappa shape index (κ3) is 1.54. The molecular weight excluding hydrogens is 196 g/mol. The van der Waals surface area contributed by atoms with Crippen molar-refractivity contribution in [3.05, 3.63) is 36.0 Å². The minimum Gasteiger partial charge on any atom is -0.361 e. The fourth-order valence-corrected chi connectivity index (χ4v) is 2.81. The highest BCUT2D eigenvalue weighted by Gasteiger charge is 2.24. The van der Waals surface area contributed by atoms with Gasteiger partial charge in [-0.15, -0.1) is 0 Å². The molecule has 1 aliphatic heterocycles. The monoisotopic (exact) mass is 214 g/mol.